The van der Waals surface area contributed by atoms with Gasteiger partial charge in [0.2, 0.25) is 11.8 Å². The van der Waals surface area contributed by atoms with Gasteiger partial charge in [0.1, 0.15) is 6.04 Å². The number of carbonyl (C=O) groups excluding carboxylic acids is 3. The molecule has 3 aromatic rings. The van der Waals surface area contributed by atoms with E-state index in [9.17, 15) is 14.4 Å². The van der Waals surface area contributed by atoms with Crippen molar-refractivity contribution in [2.24, 2.45) is 16.9 Å². The Labute approximate surface area is 207 Å². The maximum atomic E-state index is 14.0. The molecule has 0 aromatic heterocycles. The van der Waals surface area contributed by atoms with Gasteiger partial charge in [-0.1, -0.05) is 42.5 Å². The van der Waals surface area contributed by atoms with E-state index in [-0.39, 0.29) is 11.7 Å². The third-order valence-corrected chi connectivity index (χ3v) is 7.24. The van der Waals surface area contributed by atoms with Crippen molar-refractivity contribution >= 4 is 29.5 Å². The van der Waals surface area contributed by atoms with Crippen LogP contribution in [-0.2, 0) is 9.59 Å². The molecule has 4 atom stereocenters. The van der Waals surface area contributed by atoms with Gasteiger partial charge in [-0.3, -0.25) is 19.4 Å². The van der Waals surface area contributed by atoms with E-state index in [0.717, 1.165) is 11.1 Å². The molecule has 0 N–H and O–H groups in total. The fourth-order valence-electron chi connectivity index (χ4n) is 5.66. The highest BCUT2D eigenvalue weighted by atomic mass is 16.5. The van der Waals surface area contributed by atoms with Gasteiger partial charge in [-0.05, 0) is 41.5 Å². The maximum absolute atomic E-state index is 14.0. The number of nitrogens with zero attached hydrogens (tertiary/aromatic N) is 3. The fourth-order valence-corrected chi connectivity index (χ4v) is 5.66. The predicted molar refractivity (Wildman–Crippen MR) is 132 cm³/mol. The van der Waals surface area contributed by atoms with Crippen LogP contribution in [0.25, 0.3) is 0 Å². The standard InChI is InChI=1S/C28H23N3O5/c1-35-20-13-12-16(14-21(20)36-2)26(32)25-23-22(24-19-11-7-6-8-17(19)15-29-31(24)25)27(33)30(28(23)34)18-9-4-3-5-10-18/h3-15,22-25H,1-2H3/t22-,23+,24+,25-/m1/s1. The van der Waals surface area contributed by atoms with Crippen LogP contribution in [0, 0.1) is 11.8 Å². The van der Waals surface area contributed by atoms with E-state index in [0.29, 0.717) is 22.7 Å². The summed E-state index contributed by atoms with van der Waals surface area (Å²) in [4.78, 5) is 42.9. The predicted octanol–water partition coefficient (Wildman–Crippen LogP) is 3.47. The molecule has 0 saturated carbocycles. The first kappa shape index (κ1) is 22.0. The van der Waals surface area contributed by atoms with Gasteiger partial charge in [0, 0.05) is 5.56 Å². The molecule has 8 nitrogen and oxygen atoms in total. The SMILES string of the molecule is COc1ccc(C(=O)[C@H]2[C@H]3C(=O)N(c4ccccc4)C(=O)[C@H]3[C@@H]3c4ccccc4C=NN23)cc1OC. The number of para-hydroxylation sites is 1. The molecule has 2 fully saturated rings. The van der Waals surface area contributed by atoms with Gasteiger partial charge < -0.3 is 9.47 Å². The molecule has 0 bridgehead atoms. The highest BCUT2D eigenvalue weighted by Crippen LogP contribution is 2.53. The Morgan fingerprint density at radius 3 is 2.28 bits per heavy atom. The molecule has 6 rings (SSSR count). The van der Waals surface area contributed by atoms with Crippen LogP contribution in [0.4, 0.5) is 5.69 Å². The first-order chi connectivity index (χ1) is 17.5. The number of hydrogen-bond acceptors (Lipinski definition) is 7. The van der Waals surface area contributed by atoms with Crippen molar-refractivity contribution in [3.8, 4) is 11.5 Å². The molecular formula is C28H23N3O5. The minimum Gasteiger partial charge on any atom is -0.493 e. The van der Waals surface area contributed by atoms with Crippen LogP contribution in [0.1, 0.15) is 27.5 Å². The minimum absolute atomic E-state index is 0.305. The van der Waals surface area contributed by atoms with Gasteiger partial charge in [0.15, 0.2) is 17.3 Å². The second-order valence-corrected chi connectivity index (χ2v) is 8.98. The quantitative estimate of drug-likeness (QED) is 0.410. The zero-order chi connectivity index (χ0) is 25.0. The van der Waals surface area contributed by atoms with Gasteiger partial charge >= 0.3 is 0 Å². The van der Waals surface area contributed by atoms with Crippen LogP contribution in [0.5, 0.6) is 11.5 Å². The Kier molecular flexibility index (Phi) is 5.10. The summed E-state index contributed by atoms with van der Waals surface area (Å²) in [6, 6.07) is 19.9. The van der Waals surface area contributed by atoms with Crippen LogP contribution >= 0.6 is 0 Å². The highest BCUT2D eigenvalue weighted by molar-refractivity contribution is 6.24. The lowest BCUT2D eigenvalue weighted by Gasteiger charge is -2.33. The Morgan fingerprint density at radius 1 is 0.833 bits per heavy atom. The van der Waals surface area contributed by atoms with Gasteiger partial charge in [0.25, 0.3) is 0 Å². The average Bonchev–Trinajstić information content (AvgIpc) is 3.40. The first-order valence-corrected chi connectivity index (χ1v) is 11.7. The van der Waals surface area contributed by atoms with Crippen LogP contribution in [0.3, 0.4) is 0 Å². The van der Waals surface area contributed by atoms with E-state index in [1.807, 2.05) is 30.3 Å². The van der Waals surface area contributed by atoms with Crippen molar-refractivity contribution < 1.29 is 23.9 Å². The van der Waals surface area contributed by atoms with Crippen molar-refractivity contribution in [1.29, 1.82) is 0 Å². The fraction of sp³-hybridized carbons (Fsp3) is 0.214. The van der Waals surface area contributed by atoms with E-state index in [1.165, 1.54) is 19.1 Å². The average molecular weight is 482 g/mol. The number of anilines is 1. The summed E-state index contributed by atoms with van der Waals surface area (Å²) in [6.45, 7) is 0. The van der Waals surface area contributed by atoms with Gasteiger partial charge in [-0.15, -0.1) is 0 Å². The van der Waals surface area contributed by atoms with Crippen LogP contribution in [0.2, 0.25) is 0 Å². The third-order valence-electron chi connectivity index (χ3n) is 7.24. The topological polar surface area (TPSA) is 88.5 Å². The summed E-state index contributed by atoms with van der Waals surface area (Å²) in [5, 5.41) is 6.24. The Balaban J connectivity index is 1.49. The summed E-state index contributed by atoms with van der Waals surface area (Å²) < 4.78 is 10.7. The molecule has 180 valence electrons. The van der Waals surface area contributed by atoms with E-state index in [1.54, 1.807) is 53.7 Å². The van der Waals surface area contributed by atoms with Crippen molar-refractivity contribution in [3.63, 3.8) is 0 Å². The zero-order valence-electron chi connectivity index (χ0n) is 19.7. The number of Topliss-reactive ketones (excluding diaryl/α,β-unsaturated/α-hetero) is 1. The number of ether oxygens (including phenoxy) is 2. The largest absolute Gasteiger partial charge is 0.493 e. The summed E-state index contributed by atoms with van der Waals surface area (Å²) in [7, 11) is 3.02. The summed E-state index contributed by atoms with van der Waals surface area (Å²) >= 11 is 0. The molecule has 0 unspecified atom stereocenters. The maximum Gasteiger partial charge on any atom is 0.240 e. The van der Waals surface area contributed by atoms with Crippen LogP contribution < -0.4 is 14.4 Å². The molecule has 3 heterocycles. The lowest BCUT2D eigenvalue weighted by Crippen LogP contribution is -2.44. The molecule has 0 spiro atoms. The molecule has 3 aliphatic rings. The number of benzene rings is 3. The second-order valence-electron chi connectivity index (χ2n) is 8.98. The van der Waals surface area contributed by atoms with E-state index >= 15 is 0 Å². The normalized spacial score (nSPS) is 23.8. The smallest absolute Gasteiger partial charge is 0.240 e. The van der Waals surface area contributed by atoms with E-state index in [2.05, 4.69) is 5.10 Å². The third kappa shape index (κ3) is 3.07. The van der Waals surface area contributed by atoms with Crippen molar-refractivity contribution in [1.82, 2.24) is 5.01 Å². The molecule has 0 aliphatic carbocycles. The number of rotatable bonds is 5. The molecular weight excluding hydrogens is 458 g/mol. The van der Waals surface area contributed by atoms with Crippen molar-refractivity contribution in [2.75, 3.05) is 19.1 Å². The molecule has 3 aliphatic heterocycles. The summed E-state index contributed by atoms with van der Waals surface area (Å²) in [6.07, 6.45) is 1.69. The number of fused-ring (bicyclic) bond motifs is 5. The molecule has 36 heavy (non-hydrogen) atoms. The lowest BCUT2D eigenvalue weighted by molar-refractivity contribution is -0.124. The number of methoxy groups -OCH3 is 2. The number of imide groups is 1. The number of hydrogen-bond donors (Lipinski definition) is 0. The molecule has 2 saturated heterocycles. The number of carbonyl (C=O) groups is 3. The van der Waals surface area contributed by atoms with Gasteiger partial charge in [0.05, 0.1) is 44.0 Å². The Hall–Kier alpha value is -4.46. The first-order valence-electron chi connectivity index (χ1n) is 11.7. The molecule has 3 aromatic carbocycles. The summed E-state index contributed by atoms with van der Waals surface area (Å²) in [5.41, 5.74) is 2.60. The number of hydrazone groups is 1. The summed E-state index contributed by atoms with van der Waals surface area (Å²) in [5.74, 6) is -1.75. The van der Waals surface area contributed by atoms with Crippen molar-refractivity contribution in [3.05, 3.63) is 89.5 Å². The highest BCUT2D eigenvalue weighted by Gasteiger charge is 2.65. The van der Waals surface area contributed by atoms with E-state index < -0.39 is 29.8 Å². The van der Waals surface area contributed by atoms with Gasteiger partial charge in [-0.2, -0.15) is 5.10 Å². The van der Waals surface area contributed by atoms with Crippen LogP contribution in [-0.4, -0.2) is 49.1 Å². The molecule has 8 heteroatoms. The lowest BCUT2D eigenvalue weighted by atomic mass is 9.83. The van der Waals surface area contributed by atoms with E-state index in [4.69, 9.17) is 9.47 Å². The molecule has 0 radical (unpaired) electrons. The number of ketones is 1. The Morgan fingerprint density at radius 2 is 1.53 bits per heavy atom. The Bertz CT molecular complexity index is 1420. The molecule has 2 amide bonds. The zero-order valence-corrected chi connectivity index (χ0v) is 19.7. The second kappa shape index (κ2) is 8.34. The minimum atomic E-state index is -0.951. The van der Waals surface area contributed by atoms with Gasteiger partial charge in [-0.25, -0.2) is 4.90 Å². The van der Waals surface area contributed by atoms with Crippen LogP contribution in [0.15, 0.2) is 77.9 Å². The monoisotopic (exact) mass is 481 g/mol. The number of amides is 2. The van der Waals surface area contributed by atoms with Crippen molar-refractivity contribution in [2.45, 2.75) is 12.1 Å².